The Balaban J connectivity index is 2.10. The number of carbonyl (C=O) groups is 2. The van der Waals surface area contributed by atoms with E-state index in [1.165, 1.54) is 17.0 Å². The zero-order valence-electron chi connectivity index (χ0n) is 23.9. The van der Waals surface area contributed by atoms with Crippen molar-refractivity contribution in [3.63, 3.8) is 0 Å². The lowest BCUT2D eigenvalue weighted by atomic mass is 10.1. The number of nitrogens with one attached hydrogen (secondary N) is 1. The predicted octanol–water partition coefficient (Wildman–Crippen LogP) is 6.53. The van der Waals surface area contributed by atoms with Gasteiger partial charge < -0.3 is 10.2 Å². The second kappa shape index (κ2) is 14.7. The minimum atomic E-state index is -4.14. The van der Waals surface area contributed by atoms with Gasteiger partial charge in [0.2, 0.25) is 11.8 Å². The van der Waals surface area contributed by atoms with Gasteiger partial charge in [0.15, 0.2) is 0 Å². The van der Waals surface area contributed by atoms with E-state index in [2.05, 4.69) is 5.32 Å². The van der Waals surface area contributed by atoms with Crippen LogP contribution in [0.2, 0.25) is 10.0 Å². The average Bonchev–Trinajstić information content (AvgIpc) is 2.94. The highest BCUT2D eigenvalue weighted by Gasteiger charge is 2.34. The van der Waals surface area contributed by atoms with Crippen LogP contribution >= 0.6 is 23.2 Å². The summed E-state index contributed by atoms with van der Waals surface area (Å²) in [6.45, 7) is 7.42. The number of rotatable bonds is 13. The zero-order valence-corrected chi connectivity index (χ0v) is 26.2. The van der Waals surface area contributed by atoms with Crippen LogP contribution in [0.5, 0.6) is 0 Å². The molecule has 1 unspecified atom stereocenters. The average molecular weight is 619 g/mol. The quantitative estimate of drug-likeness (QED) is 0.221. The summed E-state index contributed by atoms with van der Waals surface area (Å²) < 4.78 is 29.1. The molecule has 3 aromatic rings. The Morgan fingerprint density at radius 2 is 1.59 bits per heavy atom. The Labute approximate surface area is 253 Å². The molecule has 220 valence electrons. The molecule has 10 heteroatoms. The van der Waals surface area contributed by atoms with Crippen LogP contribution in [0.4, 0.5) is 5.69 Å². The molecule has 0 saturated carbocycles. The van der Waals surface area contributed by atoms with E-state index in [-0.39, 0.29) is 17.3 Å². The fourth-order valence-electron chi connectivity index (χ4n) is 4.60. The molecule has 1 N–H and O–H groups in total. The molecule has 2 amide bonds. The molecule has 0 aliphatic carbocycles. The number of sulfonamides is 1. The van der Waals surface area contributed by atoms with E-state index < -0.39 is 28.5 Å². The largest absolute Gasteiger partial charge is 0.354 e. The molecule has 0 fully saturated rings. The standard InChI is InChI=1S/C31H37Cl2N3O4S/c1-5-7-18-34-31(38)28(6-2)35(20-25-26(32)14-11-15-27(25)33)30(37)21-36(29-17-16-22(3)19-23(29)4)41(39,40)24-12-9-8-10-13-24/h8-17,19,28H,5-7,18,20-21H2,1-4H3,(H,34,38). The summed E-state index contributed by atoms with van der Waals surface area (Å²) >= 11 is 12.9. The van der Waals surface area contributed by atoms with E-state index in [0.717, 1.165) is 22.7 Å². The first-order valence-electron chi connectivity index (χ1n) is 13.7. The molecule has 0 heterocycles. The van der Waals surface area contributed by atoms with Crippen LogP contribution in [0.3, 0.4) is 0 Å². The molecule has 0 radical (unpaired) electrons. The lowest BCUT2D eigenvalue weighted by Crippen LogP contribution is -2.52. The Morgan fingerprint density at radius 3 is 2.17 bits per heavy atom. The van der Waals surface area contributed by atoms with Crippen molar-refractivity contribution in [2.45, 2.75) is 64.4 Å². The fourth-order valence-corrected chi connectivity index (χ4v) is 6.61. The Hall–Kier alpha value is -3.07. The molecule has 0 spiro atoms. The molecule has 7 nitrogen and oxygen atoms in total. The van der Waals surface area contributed by atoms with Crippen molar-refractivity contribution in [1.82, 2.24) is 10.2 Å². The second-order valence-corrected chi connectivity index (χ2v) is 12.6. The monoisotopic (exact) mass is 617 g/mol. The van der Waals surface area contributed by atoms with Gasteiger partial charge in [-0.15, -0.1) is 0 Å². The number of nitrogens with zero attached hydrogens (tertiary/aromatic N) is 2. The minimum Gasteiger partial charge on any atom is -0.354 e. The van der Waals surface area contributed by atoms with Gasteiger partial charge in [-0.2, -0.15) is 0 Å². The summed E-state index contributed by atoms with van der Waals surface area (Å²) in [4.78, 5) is 29.0. The molecule has 41 heavy (non-hydrogen) atoms. The number of amides is 2. The predicted molar refractivity (Wildman–Crippen MR) is 166 cm³/mol. The molecule has 0 aromatic heterocycles. The van der Waals surface area contributed by atoms with Crippen LogP contribution in [0, 0.1) is 13.8 Å². The number of unbranched alkanes of at least 4 members (excludes halogenated alkanes) is 1. The van der Waals surface area contributed by atoms with Gasteiger partial charge in [-0.3, -0.25) is 13.9 Å². The highest BCUT2D eigenvalue weighted by Crippen LogP contribution is 2.30. The van der Waals surface area contributed by atoms with Crippen LogP contribution in [-0.4, -0.2) is 44.3 Å². The summed E-state index contributed by atoms with van der Waals surface area (Å²) in [5.74, 6) is -0.876. The number of benzene rings is 3. The lowest BCUT2D eigenvalue weighted by Gasteiger charge is -2.34. The van der Waals surface area contributed by atoms with E-state index in [9.17, 15) is 18.0 Å². The minimum absolute atomic E-state index is 0.0535. The van der Waals surface area contributed by atoms with Gasteiger partial charge in [0.1, 0.15) is 12.6 Å². The van der Waals surface area contributed by atoms with Crippen molar-refractivity contribution in [1.29, 1.82) is 0 Å². The van der Waals surface area contributed by atoms with Gasteiger partial charge in [0, 0.05) is 28.7 Å². The maximum absolute atomic E-state index is 14.2. The molecular formula is C31H37Cl2N3O4S. The van der Waals surface area contributed by atoms with Crippen LogP contribution in [0.1, 0.15) is 49.8 Å². The van der Waals surface area contributed by atoms with Gasteiger partial charge in [-0.1, -0.05) is 85.4 Å². The van der Waals surface area contributed by atoms with Crippen molar-refractivity contribution in [3.05, 3.63) is 93.5 Å². The first kappa shape index (κ1) is 32.4. The molecule has 0 aliphatic rings. The Bertz CT molecular complexity index is 1450. The summed E-state index contributed by atoms with van der Waals surface area (Å²) in [5, 5.41) is 3.60. The maximum atomic E-state index is 14.2. The first-order valence-corrected chi connectivity index (χ1v) is 15.9. The highest BCUT2D eigenvalue weighted by molar-refractivity contribution is 7.92. The van der Waals surface area contributed by atoms with E-state index in [4.69, 9.17) is 23.2 Å². The van der Waals surface area contributed by atoms with Crippen LogP contribution in [0.15, 0.2) is 71.6 Å². The molecule has 0 aliphatic heterocycles. The van der Waals surface area contributed by atoms with Gasteiger partial charge in [0.25, 0.3) is 10.0 Å². The topological polar surface area (TPSA) is 86.8 Å². The van der Waals surface area contributed by atoms with Crippen molar-refractivity contribution in [2.75, 3.05) is 17.4 Å². The van der Waals surface area contributed by atoms with Crippen molar-refractivity contribution in [3.8, 4) is 0 Å². The third-order valence-electron chi connectivity index (χ3n) is 6.84. The third-order valence-corrected chi connectivity index (χ3v) is 9.32. The van der Waals surface area contributed by atoms with Gasteiger partial charge in [-0.05, 0) is 62.6 Å². The zero-order chi connectivity index (χ0) is 30.2. The van der Waals surface area contributed by atoms with E-state index in [0.29, 0.717) is 39.8 Å². The number of carbonyl (C=O) groups excluding carboxylic acids is 2. The maximum Gasteiger partial charge on any atom is 0.264 e. The smallest absolute Gasteiger partial charge is 0.264 e. The van der Waals surface area contributed by atoms with Crippen LogP contribution in [0.25, 0.3) is 0 Å². The van der Waals surface area contributed by atoms with Gasteiger partial charge in [-0.25, -0.2) is 8.42 Å². The van der Waals surface area contributed by atoms with Gasteiger partial charge in [0.05, 0.1) is 10.6 Å². The highest BCUT2D eigenvalue weighted by atomic mass is 35.5. The number of aryl methyl sites for hydroxylation is 2. The van der Waals surface area contributed by atoms with Crippen LogP contribution < -0.4 is 9.62 Å². The SMILES string of the molecule is CCCCNC(=O)C(CC)N(Cc1c(Cl)cccc1Cl)C(=O)CN(c1ccc(C)cc1C)S(=O)(=O)c1ccccc1. The number of anilines is 1. The number of hydrogen-bond acceptors (Lipinski definition) is 4. The molecule has 1 atom stereocenters. The molecule has 3 rings (SSSR count). The number of hydrogen-bond donors (Lipinski definition) is 1. The normalized spacial score (nSPS) is 12.0. The summed E-state index contributed by atoms with van der Waals surface area (Å²) in [6, 6.07) is 17.5. The summed E-state index contributed by atoms with van der Waals surface area (Å²) in [7, 11) is -4.14. The molecular weight excluding hydrogens is 581 g/mol. The number of halogens is 2. The Kier molecular flexibility index (Phi) is 11.6. The van der Waals surface area contributed by atoms with Crippen LogP contribution in [-0.2, 0) is 26.2 Å². The molecule has 0 saturated heterocycles. The van der Waals surface area contributed by atoms with E-state index >= 15 is 0 Å². The first-order chi connectivity index (χ1) is 19.5. The second-order valence-electron chi connectivity index (χ2n) is 9.91. The van der Waals surface area contributed by atoms with Crippen molar-refractivity contribution < 1.29 is 18.0 Å². The lowest BCUT2D eigenvalue weighted by molar-refractivity contribution is -0.140. The van der Waals surface area contributed by atoms with E-state index in [1.54, 1.807) is 62.4 Å². The van der Waals surface area contributed by atoms with Crippen molar-refractivity contribution in [2.24, 2.45) is 0 Å². The van der Waals surface area contributed by atoms with Gasteiger partial charge >= 0.3 is 0 Å². The fraction of sp³-hybridized carbons (Fsp3) is 0.355. The summed E-state index contributed by atoms with van der Waals surface area (Å²) in [6.07, 6.45) is 2.00. The molecule has 3 aromatic carbocycles. The molecule has 0 bridgehead atoms. The van der Waals surface area contributed by atoms with Crippen molar-refractivity contribution >= 4 is 50.7 Å². The Morgan fingerprint density at radius 1 is 0.927 bits per heavy atom. The summed E-state index contributed by atoms with van der Waals surface area (Å²) in [5.41, 5.74) is 2.51. The third kappa shape index (κ3) is 8.03. The van der Waals surface area contributed by atoms with E-state index in [1.807, 2.05) is 19.9 Å².